The largest absolute Gasteiger partial charge is 0.506 e. The van der Waals surface area contributed by atoms with Crippen molar-refractivity contribution in [2.24, 2.45) is 0 Å². The summed E-state index contributed by atoms with van der Waals surface area (Å²) in [4.78, 5) is 20.6. The zero-order valence-corrected chi connectivity index (χ0v) is 7.76. The van der Waals surface area contributed by atoms with Gasteiger partial charge in [0.1, 0.15) is 5.75 Å². The van der Waals surface area contributed by atoms with E-state index in [9.17, 15) is 20.0 Å². The maximum atomic E-state index is 10.8. The van der Waals surface area contributed by atoms with Crippen LogP contribution in [0.5, 0.6) is 5.75 Å². The van der Waals surface area contributed by atoms with Crippen molar-refractivity contribution in [3.05, 3.63) is 28.3 Å². The highest BCUT2D eigenvalue weighted by molar-refractivity contribution is 5.87. The van der Waals surface area contributed by atoms with E-state index in [2.05, 4.69) is 10.1 Å². The van der Waals surface area contributed by atoms with Crippen molar-refractivity contribution in [3.8, 4) is 5.75 Å². The van der Waals surface area contributed by atoms with E-state index < -0.39 is 11.0 Å². The molecule has 0 fully saturated rings. The highest BCUT2D eigenvalue weighted by atomic mass is 16.6. The first kappa shape index (κ1) is 10.8. The first-order valence-electron chi connectivity index (χ1n) is 3.87. The highest BCUT2D eigenvalue weighted by Gasteiger charge is 2.12. The molecule has 1 aromatic rings. The van der Waals surface area contributed by atoms with Crippen LogP contribution >= 0.6 is 0 Å². The molecule has 7 heteroatoms. The summed E-state index contributed by atoms with van der Waals surface area (Å²) < 4.78 is 4.28. The fourth-order valence-corrected chi connectivity index (χ4v) is 0.899. The Balaban J connectivity index is 3.00. The molecule has 7 nitrogen and oxygen atoms in total. The number of ether oxygens (including phenoxy) is 1. The number of hydrogen-bond donors (Lipinski definition) is 2. The molecule has 1 aromatic carbocycles. The minimum atomic E-state index is -0.814. The maximum absolute atomic E-state index is 10.8. The smallest absolute Gasteiger partial charge is 0.411 e. The molecule has 0 spiro atoms. The van der Waals surface area contributed by atoms with Gasteiger partial charge in [-0.15, -0.1) is 0 Å². The summed E-state index contributed by atoms with van der Waals surface area (Å²) in [6.07, 6.45) is -0.814. The highest BCUT2D eigenvalue weighted by Crippen LogP contribution is 2.27. The number of non-ortho nitro benzene ring substituents is 1. The molecule has 0 saturated heterocycles. The fraction of sp³-hybridized carbons (Fsp3) is 0.125. The van der Waals surface area contributed by atoms with Crippen LogP contribution < -0.4 is 5.32 Å². The molecule has 0 aliphatic heterocycles. The molecule has 0 aliphatic carbocycles. The lowest BCUT2D eigenvalue weighted by atomic mass is 10.2. The van der Waals surface area contributed by atoms with Gasteiger partial charge in [0.05, 0.1) is 17.7 Å². The third kappa shape index (κ3) is 2.56. The number of phenols is 1. The van der Waals surface area contributed by atoms with Crippen molar-refractivity contribution in [3.63, 3.8) is 0 Å². The summed E-state index contributed by atoms with van der Waals surface area (Å²) in [7, 11) is 1.14. The summed E-state index contributed by atoms with van der Waals surface area (Å²) in [5, 5.41) is 21.8. The molecular weight excluding hydrogens is 204 g/mol. The Bertz CT molecular complexity index is 404. The molecule has 2 N–H and O–H groups in total. The van der Waals surface area contributed by atoms with Gasteiger partial charge in [0.15, 0.2) is 0 Å². The van der Waals surface area contributed by atoms with Crippen LogP contribution in [0.2, 0.25) is 0 Å². The number of nitro groups is 1. The number of nitrogens with zero attached hydrogens (tertiary/aromatic N) is 1. The SMILES string of the molecule is COC(=O)Nc1cc([N+](=O)[O-])ccc1O. The van der Waals surface area contributed by atoms with E-state index in [1.165, 1.54) is 0 Å². The van der Waals surface area contributed by atoms with E-state index >= 15 is 0 Å². The standard InChI is InChI=1S/C8H8N2O5/c1-15-8(12)9-6-4-5(10(13)14)2-3-7(6)11/h2-4,11H,1H3,(H,9,12). The summed E-state index contributed by atoms with van der Waals surface area (Å²) in [6, 6.07) is 3.27. The average molecular weight is 212 g/mol. The molecule has 0 atom stereocenters. The molecule has 0 radical (unpaired) electrons. The Hall–Kier alpha value is -2.31. The lowest BCUT2D eigenvalue weighted by molar-refractivity contribution is -0.384. The fourth-order valence-electron chi connectivity index (χ4n) is 0.899. The van der Waals surface area contributed by atoms with E-state index in [0.717, 1.165) is 25.3 Å². The van der Waals surface area contributed by atoms with Crippen LogP contribution in [0.25, 0.3) is 0 Å². The van der Waals surface area contributed by atoms with Crippen molar-refractivity contribution >= 4 is 17.5 Å². The van der Waals surface area contributed by atoms with Crippen LogP contribution in [-0.4, -0.2) is 23.2 Å². The van der Waals surface area contributed by atoms with E-state index in [1.54, 1.807) is 0 Å². The molecule has 0 aromatic heterocycles. The molecule has 1 rings (SSSR count). The maximum Gasteiger partial charge on any atom is 0.411 e. The summed E-state index contributed by atoms with van der Waals surface area (Å²) in [5.41, 5.74) is -0.310. The van der Waals surface area contributed by atoms with Gasteiger partial charge in [-0.25, -0.2) is 4.79 Å². The van der Waals surface area contributed by atoms with Gasteiger partial charge in [-0.1, -0.05) is 0 Å². The third-order valence-corrected chi connectivity index (χ3v) is 1.61. The molecular formula is C8H8N2O5. The first-order valence-corrected chi connectivity index (χ1v) is 3.87. The number of nitrogens with one attached hydrogen (secondary N) is 1. The summed E-state index contributed by atoms with van der Waals surface area (Å²) in [6.45, 7) is 0. The van der Waals surface area contributed by atoms with E-state index in [4.69, 9.17) is 0 Å². The Kier molecular flexibility index (Phi) is 3.06. The number of phenolic OH excluding ortho intramolecular Hbond substituents is 1. The van der Waals surface area contributed by atoms with Crippen molar-refractivity contribution < 1.29 is 19.6 Å². The Morgan fingerprint density at radius 2 is 2.27 bits per heavy atom. The number of hydrogen-bond acceptors (Lipinski definition) is 5. The van der Waals surface area contributed by atoms with Gasteiger partial charge in [-0.2, -0.15) is 0 Å². The van der Waals surface area contributed by atoms with Gasteiger partial charge in [0, 0.05) is 12.1 Å². The van der Waals surface area contributed by atoms with E-state index in [1.807, 2.05) is 0 Å². The molecule has 0 aliphatic rings. The van der Waals surface area contributed by atoms with Gasteiger partial charge in [-0.3, -0.25) is 15.4 Å². The van der Waals surface area contributed by atoms with Crippen LogP contribution in [0.15, 0.2) is 18.2 Å². The van der Waals surface area contributed by atoms with E-state index in [0.29, 0.717) is 0 Å². The molecule has 1 amide bonds. The number of aromatic hydroxyl groups is 1. The Morgan fingerprint density at radius 3 is 2.80 bits per heavy atom. The summed E-state index contributed by atoms with van der Waals surface area (Å²) >= 11 is 0. The van der Waals surface area contributed by atoms with Crippen LogP contribution in [0.3, 0.4) is 0 Å². The zero-order valence-electron chi connectivity index (χ0n) is 7.76. The number of anilines is 1. The Labute approximate surface area is 84.4 Å². The van der Waals surface area contributed by atoms with E-state index in [-0.39, 0.29) is 17.1 Å². The molecule has 15 heavy (non-hydrogen) atoms. The number of methoxy groups -OCH3 is 1. The minimum absolute atomic E-state index is 0.0731. The van der Waals surface area contributed by atoms with Gasteiger partial charge in [0.25, 0.3) is 5.69 Å². The minimum Gasteiger partial charge on any atom is -0.506 e. The number of rotatable bonds is 2. The van der Waals surface area contributed by atoms with Gasteiger partial charge >= 0.3 is 6.09 Å². The van der Waals surface area contributed by atoms with Gasteiger partial charge in [0.2, 0.25) is 0 Å². The number of carbonyl (C=O) groups excluding carboxylic acids is 1. The summed E-state index contributed by atoms with van der Waals surface area (Å²) in [5.74, 6) is -0.272. The number of benzene rings is 1. The lowest BCUT2D eigenvalue weighted by Gasteiger charge is -2.05. The number of carbonyl (C=O) groups is 1. The predicted octanol–water partition coefficient (Wildman–Crippen LogP) is 1.48. The molecule has 0 saturated carbocycles. The number of amides is 1. The van der Waals surface area contributed by atoms with Crippen LogP contribution in [0, 0.1) is 10.1 Å². The van der Waals surface area contributed by atoms with Gasteiger partial charge in [-0.05, 0) is 6.07 Å². The zero-order chi connectivity index (χ0) is 11.4. The second-order valence-corrected chi connectivity index (χ2v) is 2.58. The van der Waals surface area contributed by atoms with Crippen LogP contribution in [-0.2, 0) is 4.74 Å². The second kappa shape index (κ2) is 4.27. The molecule has 0 bridgehead atoms. The van der Waals surface area contributed by atoms with Gasteiger partial charge < -0.3 is 9.84 Å². The third-order valence-electron chi connectivity index (χ3n) is 1.61. The van der Waals surface area contributed by atoms with Crippen molar-refractivity contribution in [2.45, 2.75) is 0 Å². The monoisotopic (exact) mass is 212 g/mol. The van der Waals surface area contributed by atoms with Crippen molar-refractivity contribution in [1.82, 2.24) is 0 Å². The predicted molar refractivity (Wildman–Crippen MR) is 50.8 cm³/mol. The Morgan fingerprint density at radius 1 is 1.60 bits per heavy atom. The first-order chi connectivity index (χ1) is 7.04. The normalized spacial score (nSPS) is 9.40. The molecule has 80 valence electrons. The quantitative estimate of drug-likeness (QED) is 0.439. The van der Waals surface area contributed by atoms with Crippen molar-refractivity contribution in [2.75, 3.05) is 12.4 Å². The number of nitro benzene ring substituents is 1. The second-order valence-electron chi connectivity index (χ2n) is 2.58. The molecule has 0 unspecified atom stereocenters. The topological polar surface area (TPSA) is 102 Å². The van der Waals surface area contributed by atoms with Crippen LogP contribution in [0.4, 0.5) is 16.2 Å². The average Bonchev–Trinajstić information content (AvgIpc) is 2.20. The lowest BCUT2D eigenvalue weighted by Crippen LogP contribution is -2.11. The van der Waals surface area contributed by atoms with Crippen molar-refractivity contribution in [1.29, 1.82) is 0 Å². The van der Waals surface area contributed by atoms with Crippen LogP contribution in [0.1, 0.15) is 0 Å². The molecule has 0 heterocycles.